The van der Waals surface area contributed by atoms with Gasteiger partial charge in [-0.3, -0.25) is 4.79 Å². The first-order valence-corrected chi connectivity index (χ1v) is 7.41. The van der Waals surface area contributed by atoms with Crippen LogP contribution in [0.5, 0.6) is 0 Å². The third-order valence-corrected chi connectivity index (χ3v) is 4.26. The fourth-order valence-corrected chi connectivity index (χ4v) is 2.81. The van der Waals surface area contributed by atoms with Crippen molar-refractivity contribution < 1.29 is 22.8 Å². The van der Waals surface area contributed by atoms with Crippen LogP contribution in [0, 0.1) is 0 Å². The smallest absolute Gasteiger partial charge is 0.303 e. The van der Waals surface area contributed by atoms with Crippen LogP contribution >= 0.6 is 0 Å². The van der Waals surface area contributed by atoms with Crippen LogP contribution in [0.15, 0.2) is 40.1 Å². The largest absolute Gasteiger partial charge is 0.481 e. The van der Waals surface area contributed by atoms with Gasteiger partial charge < -0.3 is 9.63 Å². The summed E-state index contributed by atoms with van der Waals surface area (Å²) in [6, 6.07) is 6.11. The van der Waals surface area contributed by atoms with Crippen LogP contribution in [-0.4, -0.2) is 29.6 Å². The number of rotatable bonds is 6. The Morgan fingerprint density at radius 2 is 1.95 bits per heavy atom. The Labute approximate surface area is 115 Å². The molecule has 0 aliphatic heterocycles. The first kappa shape index (κ1) is 14.2. The molecule has 2 aromatic rings. The molecule has 0 saturated heterocycles. The molecule has 0 fully saturated rings. The summed E-state index contributed by atoms with van der Waals surface area (Å²) in [5, 5.41) is 12.0. The van der Waals surface area contributed by atoms with E-state index in [9.17, 15) is 13.2 Å². The third kappa shape index (κ3) is 3.64. The van der Waals surface area contributed by atoms with Crippen molar-refractivity contribution in [2.24, 2.45) is 0 Å². The molecule has 0 unspecified atom stereocenters. The minimum atomic E-state index is -3.53. The Hall–Kier alpha value is -2.22. The summed E-state index contributed by atoms with van der Waals surface area (Å²) in [5.74, 6) is -1.13. The fraction of sp³-hybridized carbons (Fsp3) is 0.250. The fourth-order valence-electron chi connectivity index (χ4n) is 1.62. The first-order valence-electron chi connectivity index (χ1n) is 5.76. The van der Waals surface area contributed by atoms with Gasteiger partial charge in [0.1, 0.15) is 5.75 Å². The summed E-state index contributed by atoms with van der Waals surface area (Å²) in [6.07, 6.45) is 1.44. The molecule has 106 valence electrons. The van der Waals surface area contributed by atoms with Gasteiger partial charge in [-0.15, -0.1) is 0 Å². The van der Waals surface area contributed by atoms with E-state index in [4.69, 9.17) is 5.11 Å². The zero-order chi connectivity index (χ0) is 14.6. The van der Waals surface area contributed by atoms with Crippen LogP contribution in [0.1, 0.15) is 17.8 Å². The summed E-state index contributed by atoms with van der Waals surface area (Å²) in [4.78, 5) is 14.3. The number of hydrogen-bond donors (Lipinski definition) is 1. The Kier molecular flexibility index (Phi) is 4.14. The standard InChI is InChI=1S/C12H12N2O5S/c15-12(16)6-3-9-1-4-10(5-2-9)20(17,18)7-11-13-8-19-14-11/h1-2,4-5,8H,3,6-7H2,(H,15,16). The molecule has 0 radical (unpaired) electrons. The van der Waals surface area contributed by atoms with Crippen LogP contribution in [0.25, 0.3) is 0 Å². The van der Waals surface area contributed by atoms with E-state index in [2.05, 4.69) is 14.7 Å². The van der Waals surface area contributed by atoms with Crippen molar-refractivity contribution in [3.05, 3.63) is 42.0 Å². The molecule has 8 heteroatoms. The number of carboxylic acids is 1. The second-order valence-corrected chi connectivity index (χ2v) is 6.13. The molecule has 1 aromatic carbocycles. The Bertz CT molecular complexity index is 677. The van der Waals surface area contributed by atoms with Crippen LogP contribution in [0.4, 0.5) is 0 Å². The average Bonchev–Trinajstić information content (AvgIpc) is 2.89. The maximum Gasteiger partial charge on any atom is 0.303 e. The van der Waals surface area contributed by atoms with Crippen molar-refractivity contribution in [3.63, 3.8) is 0 Å². The molecule has 20 heavy (non-hydrogen) atoms. The zero-order valence-corrected chi connectivity index (χ0v) is 11.2. The molecule has 0 aliphatic carbocycles. The molecule has 1 heterocycles. The van der Waals surface area contributed by atoms with E-state index >= 15 is 0 Å². The highest BCUT2D eigenvalue weighted by atomic mass is 32.2. The maximum absolute atomic E-state index is 12.1. The highest BCUT2D eigenvalue weighted by Crippen LogP contribution is 2.16. The Morgan fingerprint density at radius 1 is 1.25 bits per heavy atom. The normalized spacial score (nSPS) is 11.4. The van der Waals surface area contributed by atoms with Crippen molar-refractivity contribution in [1.82, 2.24) is 10.1 Å². The van der Waals surface area contributed by atoms with Crippen LogP contribution in [0.2, 0.25) is 0 Å². The molecule has 1 aromatic heterocycles. The van der Waals surface area contributed by atoms with Gasteiger partial charge in [-0.2, -0.15) is 4.98 Å². The number of aliphatic carboxylic acids is 1. The molecule has 0 aliphatic rings. The van der Waals surface area contributed by atoms with Gasteiger partial charge in [0.2, 0.25) is 6.39 Å². The molecular weight excluding hydrogens is 284 g/mol. The van der Waals surface area contributed by atoms with E-state index in [1.807, 2.05) is 0 Å². The summed E-state index contributed by atoms with van der Waals surface area (Å²) < 4.78 is 28.6. The Morgan fingerprint density at radius 3 is 2.50 bits per heavy atom. The lowest BCUT2D eigenvalue weighted by molar-refractivity contribution is -0.136. The SMILES string of the molecule is O=C(O)CCc1ccc(S(=O)(=O)Cc2ncon2)cc1. The maximum atomic E-state index is 12.1. The van der Waals surface area contributed by atoms with Crippen molar-refractivity contribution >= 4 is 15.8 Å². The van der Waals surface area contributed by atoms with Gasteiger partial charge in [-0.1, -0.05) is 17.3 Å². The summed E-state index contributed by atoms with van der Waals surface area (Å²) in [7, 11) is -3.53. The van der Waals surface area contributed by atoms with Crippen LogP contribution in [-0.2, 0) is 26.8 Å². The van der Waals surface area contributed by atoms with Crippen molar-refractivity contribution in [3.8, 4) is 0 Å². The van der Waals surface area contributed by atoms with E-state index in [0.29, 0.717) is 6.42 Å². The van der Waals surface area contributed by atoms with Gasteiger partial charge in [0.25, 0.3) is 0 Å². The number of sulfone groups is 1. The van der Waals surface area contributed by atoms with Gasteiger partial charge >= 0.3 is 5.97 Å². The molecule has 0 amide bonds. The zero-order valence-electron chi connectivity index (χ0n) is 10.4. The van der Waals surface area contributed by atoms with Crippen LogP contribution < -0.4 is 0 Å². The van der Waals surface area contributed by atoms with Crippen molar-refractivity contribution in [2.45, 2.75) is 23.5 Å². The van der Waals surface area contributed by atoms with Crippen molar-refractivity contribution in [2.75, 3.05) is 0 Å². The summed E-state index contributed by atoms with van der Waals surface area (Å²) >= 11 is 0. The molecule has 7 nitrogen and oxygen atoms in total. The minimum absolute atomic E-state index is 0.00889. The summed E-state index contributed by atoms with van der Waals surface area (Å²) in [5.41, 5.74) is 0.769. The molecule has 2 rings (SSSR count). The van der Waals surface area contributed by atoms with Gasteiger partial charge in [0, 0.05) is 6.42 Å². The average molecular weight is 296 g/mol. The number of hydrogen-bond acceptors (Lipinski definition) is 6. The Balaban J connectivity index is 2.10. The number of aromatic nitrogens is 2. The topological polar surface area (TPSA) is 110 Å². The third-order valence-electron chi connectivity index (χ3n) is 2.64. The predicted octanol–water partition coefficient (Wildman–Crippen LogP) is 1.06. The van der Waals surface area contributed by atoms with Gasteiger partial charge in [-0.05, 0) is 24.1 Å². The predicted molar refractivity (Wildman–Crippen MR) is 67.6 cm³/mol. The highest BCUT2D eigenvalue weighted by molar-refractivity contribution is 7.90. The highest BCUT2D eigenvalue weighted by Gasteiger charge is 2.17. The molecule has 0 spiro atoms. The van der Waals surface area contributed by atoms with E-state index in [-0.39, 0.29) is 22.9 Å². The number of nitrogens with zero attached hydrogens (tertiary/aromatic N) is 2. The van der Waals surface area contributed by atoms with Crippen molar-refractivity contribution in [1.29, 1.82) is 0 Å². The van der Waals surface area contributed by atoms with E-state index in [1.165, 1.54) is 12.1 Å². The van der Waals surface area contributed by atoms with Gasteiger partial charge in [0.15, 0.2) is 15.7 Å². The summed E-state index contributed by atoms with van der Waals surface area (Å²) in [6.45, 7) is 0. The lowest BCUT2D eigenvalue weighted by Gasteiger charge is -2.03. The number of carbonyl (C=O) groups is 1. The molecule has 0 saturated carbocycles. The van der Waals surface area contributed by atoms with Gasteiger partial charge in [-0.25, -0.2) is 8.42 Å². The van der Waals surface area contributed by atoms with E-state index in [0.717, 1.165) is 12.0 Å². The van der Waals surface area contributed by atoms with E-state index in [1.54, 1.807) is 12.1 Å². The number of carboxylic acid groups (broad SMARTS) is 1. The lowest BCUT2D eigenvalue weighted by Crippen LogP contribution is -2.06. The number of aryl methyl sites for hydroxylation is 1. The minimum Gasteiger partial charge on any atom is -0.481 e. The van der Waals surface area contributed by atoms with Crippen LogP contribution in [0.3, 0.4) is 0 Å². The van der Waals surface area contributed by atoms with Gasteiger partial charge in [0.05, 0.1) is 4.90 Å². The molecule has 0 bridgehead atoms. The molecular formula is C12H12N2O5S. The lowest BCUT2D eigenvalue weighted by atomic mass is 10.1. The quantitative estimate of drug-likeness (QED) is 0.848. The van der Waals surface area contributed by atoms with E-state index < -0.39 is 15.8 Å². The molecule has 0 atom stereocenters. The first-order chi connectivity index (χ1) is 9.47. The second kappa shape index (κ2) is 5.83. The number of benzene rings is 1. The molecule has 1 N–H and O–H groups in total. The second-order valence-electron chi connectivity index (χ2n) is 4.14. The monoisotopic (exact) mass is 296 g/mol.